The van der Waals surface area contributed by atoms with Crippen molar-refractivity contribution < 1.29 is 14.3 Å². The molecule has 0 spiro atoms. The number of nitrogens with one attached hydrogen (secondary N) is 2. The number of fused-ring (bicyclic) bond motifs is 4. The normalized spacial score (nSPS) is 17.9. The van der Waals surface area contributed by atoms with E-state index >= 15 is 0 Å². The Morgan fingerprint density at radius 3 is 2.63 bits per heavy atom. The summed E-state index contributed by atoms with van der Waals surface area (Å²) in [6.45, 7) is 7.70. The first kappa shape index (κ1) is 26.1. The second kappa shape index (κ2) is 10.7. The molecule has 2 N–H and O–H groups in total. The number of pyridine rings is 1. The van der Waals surface area contributed by atoms with Gasteiger partial charge in [0, 0.05) is 43.0 Å². The van der Waals surface area contributed by atoms with Crippen LogP contribution in [0.2, 0.25) is 0 Å². The molecule has 1 saturated heterocycles. The van der Waals surface area contributed by atoms with Gasteiger partial charge in [0.2, 0.25) is 0 Å². The highest BCUT2D eigenvalue weighted by molar-refractivity contribution is 7.80. The van der Waals surface area contributed by atoms with E-state index in [0.29, 0.717) is 57.4 Å². The van der Waals surface area contributed by atoms with Crippen molar-refractivity contribution in [2.45, 2.75) is 39.7 Å². The number of amides is 1. The Bertz CT molecular complexity index is 1480. The Morgan fingerprint density at radius 2 is 1.87 bits per heavy atom. The molecule has 2 unspecified atom stereocenters. The van der Waals surface area contributed by atoms with Crippen molar-refractivity contribution in [1.29, 1.82) is 0 Å². The molecule has 8 nitrogen and oxygen atoms in total. The number of piperidine rings is 1. The summed E-state index contributed by atoms with van der Waals surface area (Å²) in [5, 5.41) is 7.20. The molecule has 198 valence electrons. The van der Waals surface area contributed by atoms with E-state index in [1.54, 1.807) is 19.9 Å². The summed E-state index contributed by atoms with van der Waals surface area (Å²) in [5.74, 6) is -0.293. The van der Waals surface area contributed by atoms with Crippen LogP contribution in [0.3, 0.4) is 0 Å². The molecule has 2 aromatic heterocycles. The summed E-state index contributed by atoms with van der Waals surface area (Å²) in [4.78, 5) is 41.1. The van der Waals surface area contributed by atoms with Gasteiger partial charge in [-0.3, -0.25) is 9.59 Å². The molecule has 1 fully saturated rings. The van der Waals surface area contributed by atoms with Crippen LogP contribution in [-0.4, -0.2) is 46.2 Å². The number of esters is 1. The number of rotatable bonds is 5. The lowest BCUT2D eigenvalue weighted by Gasteiger charge is -2.43. The van der Waals surface area contributed by atoms with Crippen molar-refractivity contribution in [1.82, 2.24) is 9.47 Å². The molecule has 1 amide bonds. The number of ether oxygens (including phenoxy) is 1. The zero-order valence-corrected chi connectivity index (χ0v) is 23.2. The van der Waals surface area contributed by atoms with Gasteiger partial charge >= 0.3 is 5.97 Å². The fourth-order valence-electron chi connectivity index (χ4n) is 5.40. The largest absolute Gasteiger partial charge is 0.462 e. The first-order valence-electron chi connectivity index (χ1n) is 12.7. The number of thiophene rings is 1. The number of hydrogen-bond acceptors (Lipinski definition) is 6. The predicted octanol–water partition coefficient (Wildman–Crippen LogP) is 4.77. The second-order valence-electron chi connectivity index (χ2n) is 9.78. The van der Waals surface area contributed by atoms with Crippen LogP contribution in [0.25, 0.3) is 0 Å². The van der Waals surface area contributed by atoms with Crippen molar-refractivity contribution in [2.24, 2.45) is 5.92 Å². The van der Waals surface area contributed by atoms with Gasteiger partial charge in [-0.2, -0.15) is 0 Å². The Balaban J connectivity index is 1.40. The lowest BCUT2D eigenvalue weighted by atomic mass is 9.83. The number of anilines is 2. The average Bonchev–Trinajstić information content (AvgIpc) is 3.21. The summed E-state index contributed by atoms with van der Waals surface area (Å²) < 4.78 is 7.21. The molecular weight excluding hydrogens is 520 g/mol. The average molecular weight is 551 g/mol. The zero-order chi connectivity index (χ0) is 27.0. The van der Waals surface area contributed by atoms with E-state index in [0.717, 1.165) is 17.7 Å². The maximum atomic E-state index is 13.2. The summed E-state index contributed by atoms with van der Waals surface area (Å²) in [7, 11) is 0. The smallest absolute Gasteiger partial charge is 0.341 e. The monoisotopic (exact) mass is 550 g/mol. The fraction of sp³-hybridized carbons (Fsp3) is 0.357. The van der Waals surface area contributed by atoms with Crippen molar-refractivity contribution in [3.63, 3.8) is 0 Å². The molecule has 10 heteroatoms. The summed E-state index contributed by atoms with van der Waals surface area (Å²) in [6.07, 6.45) is 1.01. The van der Waals surface area contributed by atoms with E-state index in [9.17, 15) is 14.4 Å². The van der Waals surface area contributed by atoms with Crippen LogP contribution >= 0.6 is 23.6 Å². The number of likely N-dealkylation sites (tertiary alicyclic amines) is 1. The molecule has 0 saturated carbocycles. The molecule has 2 aliphatic heterocycles. The minimum absolute atomic E-state index is 0.0380. The number of benzene rings is 1. The van der Waals surface area contributed by atoms with Gasteiger partial charge in [-0.05, 0) is 68.6 Å². The molecule has 38 heavy (non-hydrogen) atoms. The predicted molar refractivity (Wildman–Crippen MR) is 153 cm³/mol. The van der Waals surface area contributed by atoms with Crippen molar-refractivity contribution in [3.8, 4) is 0 Å². The molecule has 2 bridgehead atoms. The van der Waals surface area contributed by atoms with Crippen LogP contribution in [0, 0.1) is 19.8 Å². The molecule has 2 aliphatic rings. The summed E-state index contributed by atoms with van der Waals surface area (Å²) >= 11 is 7.00. The number of carbonyl (C=O) groups excluding carboxylic acids is 2. The topological polar surface area (TPSA) is 92.7 Å². The number of carbonyl (C=O) groups is 2. The van der Waals surface area contributed by atoms with E-state index in [-0.39, 0.29) is 24.0 Å². The number of thiocarbonyl (C=S) groups is 1. The number of aromatic nitrogens is 1. The van der Waals surface area contributed by atoms with E-state index < -0.39 is 5.97 Å². The Labute approximate surface area is 230 Å². The minimum Gasteiger partial charge on any atom is -0.462 e. The third-order valence-corrected chi connectivity index (χ3v) is 8.78. The van der Waals surface area contributed by atoms with Gasteiger partial charge in [0.15, 0.2) is 5.11 Å². The molecule has 5 rings (SSSR count). The minimum atomic E-state index is -0.495. The quantitative estimate of drug-likeness (QED) is 0.349. The summed E-state index contributed by atoms with van der Waals surface area (Å²) in [5.41, 5.74) is 3.61. The molecule has 0 aliphatic carbocycles. The zero-order valence-electron chi connectivity index (χ0n) is 21.6. The first-order valence-corrected chi connectivity index (χ1v) is 13.9. The lowest BCUT2D eigenvalue weighted by Crippen LogP contribution is -2.50. The molecule has 4 heterocycles. The third kappa shape index (κ3) is 4.98. The van der Waals surface area contributed by atoms with Gasteiger partial charge < -0.3 is 24.8 Å². The number of nitrogens with zero attached hydrogens (tertiary/aromatic N) is 2. The SMILES string of the molecule is CCOC(=O)c1c(NC(=S)N2CC3CC(C2)c2cccc(=O)n2C3)sc(C(=O)Nc2ccccc2C)c1C. The van der Waals surface area contributed by atoms with Crippen LogP contribution in [0.1, 0.15) is 56.1 Å². The molecule has 0 radical (unpaired) electrons. The van der Waals surface area contributed by atoms with Crippen LogP contribution in [-0.2, 0) is 11.3 Å². The highest BCUT2D eigenvalue weighted by atomic mass is 32.1. The molecule has 1 aromatic carbocycles. The van der Waals surface area contributed by atoms with Crippen molar-refractivity contribution in [3.05, 3.63) is 80.1 Å². The molecule has 3 aromatic rings. The van der Waals surface area contributed by atoms with Gasteiger partial charge in [0.25, 0.3) is 11.5 Å². The van der Waals surface area contributed by atoms with Gasteiger partial charge in [-0.15, -0.1) is 11.3 Å². The number of hydrogen-bond donors (Lipinski definition) is 2. The van der Waals surface area contributed by atoms with E-state index in [4.69, 9.17) is 17.0 Å². The van der Waals surface area contributed by atoms with E-state index in [2.05, 4.69) is 15.5 Å². The first-order chi connectivity index (χ1) is 18.3. The summed E-state index contributed by atoms with van der Waals surface area (Å²) in [6, 6.07) is 13.0. The Kier molecular flexibility index (Phi) is 7.36. The van der Waals surface area contributed by atoms with Crippen LogP contribution < -0.4 is 16.2 Å². The number of aryl methyl sites for hydroxylation is 1. The molecule has 2 atom stereocenters. The maximum Gasteiger partial charge on any atom is 0.341 e. The Hall–Kier alpha value is -3.50. The van der Waals surface area contributed by atoms with Gasteiger partial charge in [-0.1, -0.05) is 24.3 Å². The highest BCUT2D eigenvalue weighted by Gasteiger charge is 2.36. The van der Waals surface area contributed by atoms with E-state index in [1.807, 2.05) is 47.9 Å². The maximum absolute atomic E-state index is 13.2. The van der Waals surface area contributed by atoms with Crippen molar-refractivity contribution >= 4 is 51.2 Å². The standard InChI is InChI=1S/C28H30N4O4S2/c1-4-36-27(35)23-17(3)24(25(34)29-20-9-6-5-8-16(20)2)38-26(23)30-28(37)31-13-18-12-19(15-31)21-10-7-11-22(33)32(21)14-18/h5-11,18-19H,4,12-15H2,1-3H3,(H,29,34)(H,30,37). The lowest BCUT2D eigenvalue weighted by molar-refractivity contribution is 0.0527. The van der Waals surface area contributed by atoms with Crippen LogP contribution in [0.4, 0.5) is 10.7 Å². The van der Waals surface area contributed by atoms with Crippen LogP contribution in [0.5, 0.6) is 0 Å². The van der Waals surface area contributed by atoms with Crippen molar-refractivity contribution in [2.75, 3.05) is 30.3 Å². The third-order valence-electron chi connectivity index (χ3n) is 7.21. The van der Waals surface area contributed by atoms with E-state index in [1.165, 1.54) is 11.3 Å². The fourth-order valence-corrected chi connectivity index (χ4v) is 6.80. The molecular formula is C28H30N4O4S2. The number of para-hydroxylation sites is 1. The Morgan fingerprint density at radius 1 is 1.08 bits per heavy atom. The second-order valence-corrected chi connectivity index (χ2v) is 11.2. The van der Waals surface area contributed by atoms with Gasteiger partial charge in [-0.25, -0.2) is 4.79 Å². The van der Waals surface area contributed by atoms with Gasteiger partial charge in [0.05, 0.1) is 17.0 Å². The highest BCUT2D eigenvalue weighted by Crippen LogP contribution is 2.37. The van der Waals surface area contributed by atoms with Gasteiger partial charge in [0.1, 0.15) is 5.00 Å². The van der Waals surface area contributed by atoms with Crippen LogP contribution in [0.15, 0.2) is 47.3 Å².